The summed E-state index contributed by atoms with van der Waals surface area (Å²) in [6, 6.07) is 0. The van der Waals surface area contributed by atoms with Crippen molar-refractivity contribution in [1.82, 2.24) is 9.80 Å². The summed E-state index contributed by atoms with van der Waals surface area (Å²) in [5.41, 5.74) is 0. The number of rotatable bonds is 0. The van der Waals surface area contributed by atoms with Gasteiger partial charge in [-0.15, -0.1) is 0 Å². The lowest BCUT2D eigenvalue weighted by molar-refractivity contribution is 0.213. The van der Waals surface area contributed by atoms with Gasteiger partial charge in [-0.2, -0.15) is 0 Å². The van der Waals surface area contributed by atoms with E-state index in [9.17, 15) is 0 Å². The van der Waals surface area contributed by atoms with Crippen LogP contribution in [0.15, 0.2) is 12.4 Å². The van der Waals surface area contributed by atoms with E-state index < -0.39 is 0 Å². The average Bonchev–Trinajstić information content (AvgIpc) is 1.83. The fraction of sp³-hybridized carbons (Fsp3) is 0.714. The second-order valence-corrected chi connectivity index (χ2v) is 2.61. The molecule has 1 fully saturated rings. The lowest BCUT2D eigenvalue weighted by atomic mass is 10.3. The van der Waals surface area contributed by atoms with Crippen molar-refractivity contribution >= 4 is 0 Å². The van der Waals surface area contributed by atoms with Crippen LogP contribution >= 0.6 is 0 Å². The number of hydrogen-bond donors (Lipinski definition) is 0. The molecule has 0 aromatic heterocycles. The zero-order valence-corrected chi connectivity index (χ0v) is 6.22. The van der Waals surface area contributed by atoms with Gasteiger partial charge in [0.05, 0.1) is 5.82 Å². The summed E-state index contributed by atoms with van der Waals surface area (Å²) < 4.78 is 0. The molecule has 0 aliphatic carbocycles. The predicted octanol–water partition coefficient (Wildman–Crippen LogP) is 0.725. The van der Waals surface area contributed by atoms with Crippen LogP contribution < -0.4 is 0 Å². The van der Waals surface area contributed by atoms with E-state index in [0.29, 0.717) is 0 Å². The average molecular weight is 126 g/mol. The van der Waals surface area contributed by atoms with Crippen LogP contribution in [0.2, 0.25) is 0 Å². The van der Waals surface area contributed by atoms with Gasteiger partial charge in [0, 0.05) is 27.2 Å². The predicted molar refractivity (Wildman–Crippen MR) is 39.0 cm³/mol. The third-order valence-electron chi connectivity index (χ3n) is 1.87. The molecule has 0 N–H and O–H groups in total. The van der Waals surface area contributed by atoms with Crippen molar-refractivity contribution in [3.8, 4) is 0 Å². The van der Waals surface area contributed by atoms with E-state index in [0.717, 1.165) is 18.9 Å². The highest BCUT2D eigenvalue weighted by atomic mass is 15.3. The van der Waals surface area contributed by atoms with Gasteiger partial charge in [-0.3, -0.25) is 0 Å². The first-order chi connectivity index (χ1) is 4.22. The van der Waals surface area contributed by atoms with Gasteiger partial charge in [-0.05, 0) is 6.42 Å². The van der Waals surface area contributed by atoms with Crippen LogP contribution in [0.1, 0.15) is 6.42 Å². The van der Waals surface area contributed by atoms with Crippen molar-refractivity contribution in [1.29, 1.82) is 0 Å². The Bertz CT molecular complexity index is 108. The molecule has 52 valence electrons. The van der Waals surface area contributed by atoms with Gasteiger partial charge in [0.1, 0.15) is 0 Å². The van der Waals surface area contributed by atoms with E-state index in [1.54, 1.807) is 0 Å². The first-order valence-electron chi connectivity index (χ1n) is 3.33. The molecule has 9 heavy (non-hydrogen) atoms. The van der Waals surface area contributed by atoms with Crippen molar-refractivity contribution in [2.75, 3.05) is 27.2 Å². The fourth-order valence-corrected chi connectivity index (χ4v) is 1.09. The van der Waals surface area contributed by atoms with Crippen molar-refractivity contribution in [2.24, 2.45) is 0 Å². The van der Waals surface area contributed by atoms with E-state index in [2.05, 4.69) is 30.5 Å². The van der Waals surface area contributed by atoms with Crippen molar-refractivity contribution in [2.45, 2.75) is 6.42 Å². The van der Waals surface area contributed by atoms with E-state index in [1.165, 1.54) is 6.42 Å². The molecule has 1 saturated heterocycles. The maximum absolute atomic E-state index is 3.93. The Morgan fingerprint density at radius 2 is 1.67 bits per heavy atom. The van der Waals surface area contributed by atoms with Gasteiger partial charge in [-0.1, -0.05) is 6.58 Å². The molecule has 1 heterocycles. The van der Waals surface area contributed by atoms with Gasteiger partial charge in [0.25, 0.3) is 0 Å². The molecule has 0 radical (unpaired) electrons. The highest BCUT2D eigenvalue weighted by molar-refractivity contribution is 4.93. The van der Waals surface area contributed by atoms with Gasteiger partial charge < -0.3 is 9.80 Å². The molecule has 0 atom stereocenters. The second-order valence-electron chi connectivity index (χ2n) is 2.61. The minimum absolute atomic E-state index is 1.14. The van der Waals surface area contributed by atoms with Crippen LogP contribution in [0.3, 0.4) is 0 Å². The standard InChI is InChI=1S/C7H14N2/c1-7-8(2)5-4-6-9(7)3/h1,4-6H2,2-3H3. The molecule has 0 spiro atoms. The van der Waals surface area contributed by atoms with E-state index in [-0.39, 0.29) is 0 Å². The van der Waals surface area contributed by atoms with E-state index in [4.69, 9.17) is 0 Å². The second kappa shape index (κ2) is 2.29. The van der Waals surface area contributed by atoms with Crippen LogP contribution in [-0.4, -0.2) is 37.0 Å². The smallest absolute Gasteiger partial charge is 0.0959 e. The summed E-state index contributed by atoms with van der Waals surface area (Å²) in [6.07, 6.45) is 1.26. The molecule has 0 amide bonds. The van der Waals surface area contributed by atoms with E-state index >= 15 is 0 Å². The van der Waals surface area contributed by atoms with Crippen molar-refractivity contribution in [3.63, 3.8) is 0 Å². The molecule has 0 aromatic carbocycles. The minimum Gasteiger partial charge on any atom is -0.362 e. The topological polar surface area (TPSA) is 6.48 Å². The molecular formula is C7H14N2. The number of hydrogen-bond acceptors (Lipinski definition) is 2. The van der Waals surface area contributed by atoms with Crippen molar-refractivity contribution < 1.29 is 0 Å². The molecule has 1 aliphatic heterocycles. The molecule has 1 rings (SSSR count). The Morgan fingerprint density at radius 3 is 2.00 bits per heavy atom. The zero-order chi connectivity index (χ0) is 6.85. The summed E-state index contributed by atoms with van der Waals surface area (Å²) in [7, 11) is 4.16. The molecular weight excluding hydrogens is 112 g/mol. The van der Waals surface area contributed by atoms with Crippen LogP contribution in [0.4, 0.5) is 0 Å². The third-order valence-corrected chi connectivity index (χ3v) is 1.87. The minimum atomic E-state index is 1.14. The van der Waals surface area contributed by atoms with E-state index in [1.807, 2.05) is 0 Å². The largest absolute Gasteiger partial charge is 0.362 e. The van der Waals surface area contributed by atoms with Crippen LogP contribution in [0.25, 0.3) is 0 Å². The summed E-state index contributed by atoms with van der Waals surface area (Å²) >= 11 is 0. The van der Waals surface area contributed by atoms with Gasteiger partial charge in [0.15, 0.2) is 0 Å². The molecule has 0 aromatic rings. The van der Waals surface area contributed by atoms with Crippen molar-refractivity contribution in [3.05, 3.63) is 12.4 Å². The normalized spacial score (nSPS) is 20.9. The Balaban J connectivity index is 2.52. The molecule has 2 nitrogen and oxygen atoms in total. The summed E-state index contributed by atoms with van der Waals surface area (Å²) in [4.78, 5) is 4.37. The number of nitrogens with zero attached hydrogens (tertiary/aromatic N) is 2. The Morgan fingerprint density at radius 1 is 1.22 bits per heavy atom. The van der Waals surface area contributed by atoms with Crippen LogP contribution in [0.5, 0.6) is 0 Å². The first kappa shape index (κ1) is 6.46. The van der Waals surface area contributed by atoms with Gasteiger partial charge >= 0.3 is 0 Å². The molecule has 2 heteroatoms. The molecule has 0 bridgehead atoms. The molecule has 1 aliphatic rings. The maximum atomic E-state index is 3.93. The maximum Gasteiger partial charge on any atom is 0.0959 e. The highest BCUT2D eigenvalue weighted by Gasteiger charge is 2.11. The lowest BCUT2D eigenvalue weighted by Gasteiger charge is -2.35. The summed E-state index contributed by atoms with van der Waals surface area (Å²) in [5.74, 6) is 1.14. The first-order valence-corrected chi connectivity index (χ1v) is 3.33. The van der Waals surface area contributed by atoms with Crippen LogP contribution in [0, 0.1) is 0 Å². The van der Waals surface area contributed by atoms with Gasteiger partial charge in [0.2, 0.25) is 0 Å². The highest BCUT2D eigenvalue weighted by Crippen LogP contribution is 2.10. The Labute approximate surface area is 56.8 Å². The summed E-state index contributed by atoms with van der Waals surface area (Å²) in [5, 5.41) is 0. The Kier molecular flexibility index (Phi) is 1.65. The van der Waals surface area contributed by atoms with Crippen LogP contribution in [-0.2, 0) is 0 Å². The fourth-order valence-electron chi connectivity index (χ4n) is 1.09. The Hall–Kier alpha value is -0.660. The SMILES string of the molecule is C=C1N(C)CCCN1C. The molecule has 0 unspecified atom stereocenters. The third kappa shape index (κ3) is 1.18. The monoisotopic (exact) mass is 126 g/mol. The zero-order valence-electron chi connectivity index (χ0n) is 6.22. The molecule has 0 saturated carbocycles. The summed E-state index contributed by atoms with van der Waals surface area (Å²) in [6.45, 7) is 6.24. The lowest BCUT2D eigenvalue weighted by Crippen LogP contribution is -2.37. The quantitative estimate of drug-likeness (QED) is 0.472. The van der Waals surface area contributed by atoms with Gasteiger partial charge in [-0.25, -0.2) is 0 Å².